The first-order chi connectivity index (χ1) is 7.54. The smallest absolute Gasteiger partial charge is 0.261 e. The second kappa shape index (κ2) is 8.43. The van der Waals surface area contributed by atoms with E-state index in [1.54, 1.807) is 0 Å². The molecule has 0 fully saturated rings. The van der Waals surface area contributed by atoms with Gasteiger partial charge in [0.05, 0.1) is 6.07 Å². The molecular weight excluding hydrogens is 214 g/mol. The molecule has 0 aromatic heterocycles. The lowest BCUT2D eigenvalue weighted by Crippen LogP contribution is -2.41. The van der Waals surface area contributed by atoms with Crippen molar-refractivity contribution in [1.82, 2.24) is 5.32 Å². The van der Waals surface area contributed by atoms with Crippen molar-refractivity contribution in [2.24, 2.45) is 0 Å². The van der Waals surface area contributed by atoms with Crippen LogP contribution in [-0.4, -0.2) is 31.7 Å². The summed E-state index contributed by atoms with van der Waals surface area (Å²) in [5.41, 5.74) is -0.579. The Morgan fingerprint density at radius 1 is 1.50 bits per heavy atom. The molecule has 1 atom stereocenters. The van der Waals surface area contributed by atoms with Crippen molar-refractivity contribution in [2.75, 3.05) is 19.8 Å². The summed E-state index contributed by atoms with van der Waals surface area (Å²) in [5.74, 6) is 0. The van der Waals surface area contributed by atoms with Crippen LogP contribution >= 0.6 is 0 Å². The van der Waals surface area contributed by atoms with Gasteiger partial charge in [-0.25, -0.2) is 8.78 Å². The fourth-order valence-electron chi connectivity index (χ4n) is 1.28. The van der Waals surface area contributed by atoms with Gasteiger partial charge in [0.2, 0.25) is 0 Å². The Balaban J connectivity index is 3.66. The SMILES string of the molecule is CCCNC(C)(C#N)CCCOCC(F)F. The fourth-order valence-corrected chi connectivity index (χ4v) is 1.28. The van der Waals surface area contributed by atoms with Crippen LogP contribution in [0.2, 0.25) is 0 Å². The van der Waals surface area contributed by atoms with Crippen molar-refractivity contribution >= 4 is 0 Å². The van der Waals surface area contributed by atoms with Gasteiger partial charge in [-0.1, -0.05) is 6.92 Å². The van der Waals surface area contributed by atoms with Crippen molar-refractivity contribution in [3.05, 3.63) is 0 Å². The Kier molecular flexibility index (Phi) is 8.04. The van der Waals surface area contributed by atoms with Gasteiger partial charge in [-0.3, -0.25) is 5.32 Å². The predicted molar refractivity (Wildman–Crippen MR) is 58.4 cm³/mol. The normalized spacial score (nSPS) is 14.8. The van der Waals surface area contributed by atoms with E-state index in [9.17, 15) is 8.78 Å². The van der Waals surface area contributed by atoms with Crippen LogP contribution in [0.3, 0.4) is 0 Å². The number of hydrogen-bond donors (Lipinski definition) is 1. The number of nitrogens with one attached hydrogen (secondary N) is 1. The van der Waals surface area contributed by atoms with E-state index >= 15 is 0 Å². The molecule has 0 aromatic rings. The number of alkyl halides is 2. The summed E-state index contributed by atoms with van der Waals surface area (Å²) in [6.07, 6.45) is -0.250. The van der Waals surface area contributed by atoms with Gasteiger partial charge in [0, 0.05) is 6.61 Å². The monoisotopic (exact) mass is 234 g/mol. The predicted octanol–water partition coefficient (Wildman–Crippen LogP) is 2.33. The molecule has 0 spiro atoms. The van der Waals surface area contributed by atoms with Gasteiger partial charge in [0.25, 0.3) is 6.43 Å². The van der Waals surface area contributed by atoms with Crippen LogP contribution in [0.1, 0.15) is 33.1 Å². The molecule has 0 bridgehead atoms. The average Bonchev–Trinajstić information content (AvgIpc) is 2.25. The molecule has 1 unspecified atom stereocenters. The summed E-state index contributed by atoms with van der Waals surface area (Å²) in [5, 5.41) is 12.1. The third-order valence-corrected chi connectivity index (χ3v) is 2.22. The quantitative estimate of drug-likeness (QED) is 0.623. The summed E-state index contributed by atoms with van der Waals surface area (Å²) < 4.78 is 28.2. The Morgan fingerprint density at radius 3 is 2.69 bits per heavy atom. The summed E-state index contributed by atoms with van der Waals surface area (Å²) >= 11 is 0. The topological polar surface area (TPSA) is 45.0 Å². The fraction of sp³-hybridized carbons (Fsp3) is 0.909. The molecule has 0 saturated heterocycles. The van der Waals surface area contributed by atoms with E-state index in [0.717, 1.165) is 13.0 Å². The molecule has 0 aliphatic heterocycles. The van der Waals surface area contributed by atoms with E-state index in [4.69, 9.17) is 10.00 Å². The summed E-state index contributed by atoms with van der Waals surface area (Å²) in [6, 6.07) is 2.20. The van der Waals surface area contributed by atoms with Crippen molar-refractivity contribution in [2.45, 2.75) is 45.1 Å². The van der Waals surface area contributed by atoms with E-state index in [2.05, 4.69) is 11.4 Å². The number of hydrogen-bond acceptors (Lipinski definition) is 3. The largest absolute Gasteiger partial charge is 0.376 e. The van der Waals surface area contributed by atoms with Crippen LogP contribution < -0.4 is 5.32 Å². The maximum Gasteiger partial charge on any atom is 0.261 e. The van der Waals surface area contributed by atoms with Gasteiger partial charge in [-0.2, -0.15) is 5.26 Å². The minimum Gasteiger partial charge on any atom is -0.376 e. The molecule has 0 heterocycles. The van der Waals surface area contributed by atoms with Crippen LogP contribution in [0, 0.1) is 11.3 Å². The molecule has 0 aliphatic carbocycles. The van der Waals surface area contributed by atoms with Crippen molar-refractivity contribution in [3.8, 4) is 6.07 Å². The van der Waals surface area contributed by atoms with Crippen molar-refractivity contribution < 1.29 is 13.5 Å². The van der Waals surface area contributed by atoms with Crippen LogP contribution in [0.25, 0.3) is 0 Å². The number of ether oxygens (including phenoxy) is 1. The highest BCUT2D eigenvalue weighted by molar-refractivity contribution is 5.03. The minimum atomic E-state index is -2.42. The van der Waals surface area contributed by atoms with Crippen molar-refractivity contribution in [3.63, 3.8) is 0 Å². The maximum absolute atomic E-state index is 11.7. The Morgan fingerprint density at radius 2 is 2.19 bits per heavy atom. The Labute approximate surface area is 95.8 Å². The van der Waals surface area contributed by atoms with Gasteiger partial charge in [-0.15, -0.1) is 0 Å². The highest BCUT2D eigenvalue weighted by atomic mass is 19.3. The molecule has 94 valence electrons. The van der Waals surface area contributed by atoms with Gasteiger partial charge < -0.3 is 4.74 Å². The molecule has 0 radical (unpaired) electrons. The maximum atomic E-state index is 11.7. The number of rotatable bonds is 9. The molecule has 0 saturated carbocycles. The lowest BCUT2D eigenvalue weighted by atomic mass is 9.98. The summed E-state index contributed by atoms with van der Waals surface area (Å²) in [4.78, 5) is 0. The summed E-state index contributed by atoms with van der Waals surface area (Å²) in [6.45, 7) is 4.37. The molecule has 0 aliphatic rings. The van der Waals surface area contributed by atoms with E-state index in [0.29, 0.717) is 12.8 Å². The molecule has 5 heteroatoms. The third-order valence-electron chi connectivity index (χ3n) is 2.22. The first-order valence-electron chi connectivity index (χ1n) is 5.56. The third kappa shape index (κ3) is 7.55. The standard InChI is InChI=1S/C11H20F2N2O/c1-3-6-15-11(2,9-14)5-4-7-16-8-10(12)13/h10,15H,3-8H2,1-2H3. The molecule has 16 heavy (non-hydrogen) atoms. The van der Waals surface area contributed by atoms with E-state index in [1.807, 2.05) is 13.8 Å². The Bertz CT molecular complexity index is 219. The second-order valence-corrected chi connectivity index (χ2v) is 3.94. The lowest BCUT2D eigenvalue weighted by Gasteiger charge is -2.22. The van der Waals surface area contributed by atoms with Crippen LogP contribution in [0.4, 0.5) is 8.78 Å². The molecule has 3 nitrogen and oxygen atoms in total. The van der Waals surface area contributed by atoms with Crippen LogP contribution in [0.15, 0.2) is 0 Å². The van der Waals surface area contributed by atoms with Gasteiger partial charge in [0.1, 0.15) is 12.1 Å². The van der Waals surface area contributed by atoms with Crippen molar-refractivity contribution in [1.29, 1.82) is 5.26 Å². The number of nitrogens with zero attached hydrogens (tertiary/aromatic N) is 1. The zero-order valence-corrected chi connectivity index (χ0v) is 9.93. The minimum absolute atomic E-state index is 0.273. The van der Waals surface area contributed by atoms with E-state index < -0.39 is 18.6 Å². The Hall–Kier alpha value is -0.730. The van der Waals surface area contributed by atoms with E-state index in [1.165, 1.54) is 0 Å². The highest BCUT2D eigenvalue weighted by Gasteiger charge is 2.21. The second-order valence-electron chi connectivity index (χ2n) is 3.94. The van der Waals surface area contributed by atoms with Gasteiger partial charge in [0.15, 0.2) is 0 Å². The number of halogens is 2. The molecule has 0 amide bonds. The summed E-state index contributed by atoms with van der Waals surface area (Å²) in [7, 11) is 0. The highest BCUT2D eigenvalue weighted by Crippen LogP contribution is 2.11. The molecule has 0 aromatic carbocycles. The average molecular weight is 234 g/mol. The first-order valence-corrected chi connectivity index (χ1v) is 5.56. The molecular formula is C11H20F2N2O. The van der Waals surface area contributed by atoms with Crippen LogP contribution in [0.5, 0.6) is 0 Å². The zero-order valence-electron chi connectivity index (χ0n) is 9.93. The lowest BCUT2D eigenvalue weighted by molar-refractivity contribution is 0.0153. The number of nitriles is 1. The first kappa shape index (κ1) is 15.3. The van der Waals surface area contributed by atoms with Crippen LogP contribution in [-0.2, 0) is 4.74 Å². The van der Waals surface area contributed by atoms with E-state index in [-0.39, 0.29) is 6.61 Å². The molecule has 1 N–H and O–H groups in total. The molecule has 0 rings (SSSR count). The van der Waals surface area contributed by atoms with Gasteiger partial charge in [-0.05, 0) is 32.7 Å². The van der Waals surface area contributed by atoms with Gasteiger partial charge >= 0.3 is 0 Å². The zero-order chi connectivity index (χ0) is 12.4.